The van der Waals surface area contributed by atoms with Crippen LogP contribution in [-0.4, -0.2) is 28.9 Å². The van der Waals surface area contributed by atoms with Gasteiger partial charge >= 0.3 is 0 Å². The van der Waals surface area contributed by atoms with Gasteiger partial charge in [-0.05, 0) is 37.6 Å². The number of nitrogens with zero attached hydrogens (tertiary/aromatic N) is 2. The van der Waals surface area contributed by atoms with E-state index >= 15 is 0 Å². The van der Waals surface area contributed by atoms with Crippen LogP contribution in [0.2, 0.25) is 0 Å². The van der Waals surface area contributed by atoms with Crippen molar-refractivity contribution >= 4 is 5.91 Å². The van der Waals surface area contributed by atoms with Gasteiger partial charge in [-0.1, -0.05) is 36.4 Å². The first-order valence-electron chi connectivity index (χ1n) is 9.77. The molecule has 1 N–H and O–H groups in total. The Labute approximate surface area is 174 Å². The number of fused-ring (bicyclic) bond motifs is 1. The molecular formula is C23H23N3O4. The molecule has 1 amide bonds. The molecule has 1 aliphatic heterocycles. The molecule has 4 rings (SSSR count). The molecule has 1 aromatic heterocycles. The topological polar surface area (TPSA) is 82.5 Å². The largest absolute Gasteiger partial charge is 0.486 e. The number of rotatable bonds is 5. The van der Waals surface area contributed by atoms with Gasteiger partial charge in [-0.2, -0.15) is 5.10 Å². The first-order chi connectivity index (χ1) is 14.4. The second kappa shape index (κ2) is 8.02. The van der Waals surface area contributed by atoms with E-state index in [1.54, 1.807) is 6.07 Å². The van der Waals surface area contributed by atoms with Crippen LogP contribution >= 0.6 is 0 Å². The molecule has 0 bridgehead atoms. The smallest absolute Gasteiger partial charge is 0.267 e. The predicted octanol–water partition coefficient (Wildman–Crippen LogP) is 2.73. The summed E-state index contributed by atoms with van der Waals surface area (Å²) in [5.74, 6) is 1.05. The van der Waals surface area contributed by atoms with Crippen LogP contribution in [0.1, 0.15) is 19.4 Å². The highest BCUT2D eigenvalue weighted by molar-refractivity contribution is 5.76. The minimum Gasteiger partial charge on any atom is -0.486 e. The molecule has 0 radical (unpaired) electrons. The lowest BCUT2D eigenvalue weighted by Crippen LogP contribution is -2.44. The normalized spacial score (nSPS) is 13.0. The van der Waals surface area contributed by atoms with Gasteiger partial charge in [0.2, 0.25) is 5.91 Å². The third kappa shape index (κ3) is 4.20. The molecule has 0 unspecified atom stereocenters. The Kier molecular flexibility index (Phi) is 5.27. The quantitative estimate of drug-likeness (QED) is 0.706. The molecule has 3 aromatic rings. The van der Waals surface area contributed by atoms with Crippen molar-refractivity contribution in [2.45, 2.75) is 25.9 Å². The lowest BCUT2D eigenvalue weighted by atomic mass is 9.93. The molecule has 0 saturated heterocycles. The Morgan fingerprint density at radius 1 is 1.03 bits per heavy atom. The fourth-order valence-corrected chi connectivity index (χ4v) is 3.35. The maximum Gasteiger partial charge on any atom is 0.267 e. The van der Waals surface area contributed by atoms with Gasteiger partial charge in [0.1, 0.15) is 19.8 Å². The van der Waals surface area contributed by atoms with Crippen molar-refractivity contribution in [1.29, 1.82) is 0 Å². The van der Waals surface area contributed by atoms with Crippen LogP contribution in [0.15, 0.2) is 65.5 Å². The summed E-state index contributed by atoms with van der Waals surface area (Å²) >= 11 is 0. The zero-order chi connectivity index (χ0) is 21.1. The zero-order valence-electron chi connectivity index (χ0n) is 16.9. The minimum absolute atomic E-state index is 0.173. The summed E-state index contributed by atoms with van der Waals surface area (Å²) in [6, 6.07) is 18.2. The fourth-order valence-electron chi connectivity index (χ4n) is 3.35. The summed E-state index contributed by atoms with van der Waals surface area (Å²) in [7, 11) is 0. The molecule has 7 nitrogen and oxygen atoms in total. The van der Waals surface area contributed by atoms with E-state index in [0.29, 0.717) is 30.4 Å². The Bertz CT molecular complexity index is 1120. The van der Waals surface area contributed by atoms with Crippen molar-refractivity contribution in [1.82, 2.24) is 15.1 Å². The van der Waals surface area contributed by atoms with Crippen molar-refractivity contribution in [2.24, 2.45) is 0 Å². The number of hydrogen-bond acceptors (Lipinski definition) is 5. The molecule has 0 spiro atoms. The highest BCUT2D eigenvalue weighted by atomic mass is 16.6. The van der Waals surface area contributed by atoms with Crippen LogP contribution in [0.25, 0.3) is 11.3 Å². The monoisotopic (exact) mass is 405 g/mol. The van der Waals surface area contributed by atoms with Gasteiger partial charge in [0.15, 0.2) is 11.5 Å². The van der Waals surface area contributed by atoms with E-state index in [2.05, 4.69) is 10.4 Å². The van der Waals surface area contributed by atoms with E-state index in [1.807, 2.05) is 62.4 Å². The summed E-state index contributed by atoms with van der Waals surface area (Å²) in [5, 5.41) is 7.33. The molecule has 7 heteroatoms. The molecule has 0 fully saturated rings. The van der Waals surface area contributed by atoms with E-state index in [1.165, 1.54) is 10.7 Å². The summed E-state index contributed by atoms with van der Waals surface area (Å²) in [6.45, 7) is 4.64. The number of carbonyl (C=O) groups excluding carboxylic acids is 1. The standard InChI is InChI=1S/C23H23N3O4/c1-23(2,17-8-10-19-20(14-17)30-13-12-29-19)24-21(27)15-26-22(28)11-9-18(25-26)16-6-4-3-5-7-16/h3-11,14H,12-13,15H2,1-2H3,(H,24,27). The Morgan fingerprint density at radius 2 is 1.77 bits per heavy atom. The SMILES string of the molecule is CC(C)(NC(=O)Cn1nc(-c2ccccc2)ccc1=O)c1ccc2c(c1)OCCO2. The molecule has 30 heavy (non-hydrogen) atoms. The van der Waals surface area contributed by atoms with Crippen molar-refractivity contribution in [3.8, 4) is 22.8 Å². The summed E-state index contributed by atoms with van der Waals surface area (Å²) in [4.78, 5) is 24.9. The van der Waals surface area contributed by atoms with Crippen molar-refractivity contribution in [2.75, 3.05) is 13.2 Å². The lowest BCUT2D eigenvalue weighted by molar-refractivity contribution is -0.123. The van der Waals surface area contributed by atoms with Gasteiger partial charge in [-0.15, -0.1) is 0 Å². The third-order valence-corrected chi connectivity index (χ3v) is 4.95. The van der Waals surface area contributed by atoms with Crippen LogP contribution < -0.4 is 20.3 Å². The highest BCUT2D eigenvalue weighted by Crippen LogP contribution is 2.34. The molecule has 0 atom stereocenters. The number of ether oxygens (including phenoxy) is 2. The number of benzene rings is 2. The average molecular weight is 405 g/mol. The molecular weight excluding hydrogens is 382 g/mol. The second-order valence-corrected chi connectivity index (χ2v) is 7.61. The number of nitrogens with one attached hydrogen (secondary N) is 1. The molecule has 1 aliphatic rings. The number of aromatic nitrogens is 2. The summed E-state index contributed by atoms with van der Waals surface area (Å²) < 4.78 is 12.4. The van der Waals surface area contributed by atoms with Crippen LogP contribution in [0.3, 0.4) is 0 Å². The molecule has 0 aliphatic carbocycles. The maximum absolute atomic E-state index is 12.7. The Balaban J connectivity index is 1.51. The first-order valence-corrected chi connectivity index (χ1v) is 9.77. The van der Waals surface area contributed by atoms with Crippen LogP contribution in [0, 0.1) is 0 Å². The van der Waals surface area contributed by atoms with Crippen molar-refractivity contribution < 1.29 is 14.3 Å². The third-order valence-electron chi connectivity index (χ3n) is 4.95. The van der Waals surface area contributed by atoms with E-state index in [0.717, 1.165) is 11.1 Å². The van der Waals surface area contributed by atoms with E-state index in [4.69, 9.17) is 9.47 Å². The van der Waals surface area contributed by atoms with Crippen molar-refractivity contribution in [3.63, 3.8) is 0 Å². The van der Waals surface area contributed by atoms with Gasteiger partial charge in [-0.3, -0.25) is 9.59 Å². The highest BCUT2D eigenvalue weighted by Gasteiger charge is 2.25. The van der Waals surface area contributed by atoms with E-state index < -0.39 is 5.54 Å². The van der Waals surface area contributed by atoms with E-state index in [9.17, 15) is 9.59 Å². The Hall–Kier alpha value is -3.61. The van der Waals surface area contributed by atoms with Gasteiger partial charge in [0, 0.05) is 11.6 Å². The second-order valence-electron chi connectivity index (χ2n) is 7.61. The molecule has 0 saturated carbocycles. The lowest BCUT2D eigenvalue weighted by Gasteiger charge is -2.28. The van der Waals surface area contributed by atoms with Crippen LogP contribution in [0.5, 0.6) is 11.5 Å². The van der Waals surface area contributed by atoms with Gasteiger partial charge in [-0.25, -0.2) is 4.68 Å². The van der Waals surface area contributed by atoms with E-state index in [-0.39, 0.29) is 18.0 Å². The predicted molar refractivity (Wildman–Crippen MR) is 113 cm³/mol. The maximum atomic E-state index is 12.7. The fraction of sp³-hybridized carbons (Fsp3) is 0.261. The number of hydrogen-bond donors (Lipinski definition) is 1. The zero-order valence-corrected chi connectivity index (χ0v) is 16.9. The Morgan fingerprint density at radius 3 is 2.53 bits per heavy atom. The number of amides is 1. The average Bonchev–Trinajstić information content (AvgIpc) is 2.75. The van der Waals surface area contributed by atoms with Crippen molar-refractivity contribution in [3.05, 3.63) is 76.6 Å². The van der Waals surface area contributed by atoms with Gasteiger partial charge in [0.25, 0.3) is 5.56 Å². The molecule has 2 heterocycles. The first kappa shape index (κ1) is 19.7. The van der Waals surface area contributed by atoms with Crippen LogP contribution in [-0.2, 0) is 16.9 Å². The number of carbonyl (C=O) groups is 1. The molecule has 2 aromatic carbocycles. The summed E-state index contributed by atoms with van der Waals surface area (Å²) in [5.41, 5.74) is 1.38. The summed E-state index contributed by atoms with van der Waals surface area (Å²) in [6.07, 6.45) is 0. The van der Waals surface area contributed by atoms with Gasteiger partial charge < -0.3 is 14.8 Å². The van der Waals surface area contributed by atoms with Crippen LogP contribution in [0.4, 0.5) is 0 Å². The minimum atomic E-state index is -0.673. The molecule has 154 valence electrons. The van der Waals surface area contributed by atoms with Gasteiger partial charge in [0.05, 0.1) is 11.2 Å².